The standard InChI is InChI=1S/C44H29NO/c1-2-15-37(16-3-1)45(38-17-8-14-34(28-38)35-22-20-30-10-4-6-12-32(30)26-35)39-24-25-42-41(29-39)44-40(18-9-19-43(44)46-42)36-23-21-31-11-5-7-13-33(31)27-36/h1-29H. The predicted octanol–water partition coefficient (Wildman–Crippen LogP) is 12.7. The quantitative estimate of drug-likeness (QED) is 0.199. The Morgan fingerprint density at radius 3 is 1.74 bits per heavy atom. The molecule has 0 bridgehead atoms. The highest BCUT2D eigenvalue weighted by atomic mass is 16.3. The van der Waals surface area contributed by atoms with Crippen LogP contribution in [0.2, 0.25) is 0 Å². The third-order valence-corrected chi connectivity index (χ3v) is 9.00. The second kappa shape index (κ2) is 10.8. The Balaban J connectivity index is 1.21. The van der Waals surface area contributed by atoms with Crippen molar-refractivity contribution in [1.29, 1.82) is 0 Å². The molecule has 0 aliphatic carbocycles. The van der Waals surface area contributed by atoms with Crippen LogP contribution in [0.3, 0.4) is 0 Å². The lowest BCUT2D eigenvalue weighted by molar-refractivity contribution is 0.669. The Morgan fingerprint density at radius 2 is 0.957 bits per heavy atom. The molecule has 0 saturated heterocycles. The van der Waals surface area contributed by atoms with Crippen LogP contribution < -0.4 is 4.90 Å². The summed E-state index contributed by atoms with van der Waals surface area (Å²) in [5.74, 6) is 0. The van der Waals surface area contributed by atoms with Crippen LogP contribution in [0, 0.1) is 0 Å². The van der Waals surface area contributed by atoms with E-state index >= 15 is 0 Å². The fourth-order valence-electron chi connectivity index (χ4n) is 6.77. The molecule has 0 atom stereocenters. The summed E-state index contributed by atoms with van der Waals surface area (Å²) in [5, 5.41) is 7.19. The summed E-state index contributed by atoms with van der Waals surface area (Å²) in [6, 6.07) is 62.8. The topological polar surface area (TPSA) is 16.4 Å². The van der Waals surface area contributed by atoms with Gasteiger partial charge in [0, 0.05) is 27.8 Å². The van der Waals surface area contributed by atoms with Crippen molar-refractivity contribution in [3.8, 4) is 22.3 Å². The summed E-state index contributed by atoms with van der Waals surface area (Å²) in [5.41, 5.74) is 9.77. The Hall–Kier alpha value is -6.12. The second-order valence-corrected chi connectivity index (χ2v) is 11.8. The fourth-order valence-corrected chi connectivity index (χ4v) is 6.77. The molecule has 0 radical (unpaired) electrons. The molecule has 9 rings (SSSR count). The highest BCUT2D eigenvalue weighted by Gasteiger charge is 2.18. The molecule has 2 heteroatoms. The van der Waals surface area contributed by atoms with Gasteiger partial charge in [-0.05, 0) is 104 Å². The molecule has 0 unspecified atom stereocenters. The van der Waals surface area contributed by atoms with Crippen molar-refractivity contribution in [3.63, 3.8) is 0 Å². The van der Waals surface area contributed by atoms with E-state index in [0.29, 0.717) is 0 Å². The van der Waals surface area contributed by atoms with Gasteiger partial charge in [-0.15, -0.1) is 0 Å². The smallest absolute Gasteiger partial charge is 0.136 e. The van der Waals surface area contributed by atoms with Crippen LogP contribution >= 0.6 is 0 Å². The van der Waals surface area contributed by atoms with E-state index in [9.17, 15) is 0 Å². The minimum atomic E-state index is 0.880. The molecule has 46 heavy (non-hydrogen) atoms. The van der Waals surface area contributed by atoms with E-state index in [0.717, 1.165) is 39.0 Å². The summed E-state index contributed by atoms with van der Waals surface area (Å²) in [7, 11) is 0. The van der Waals surface area contributed by atoms with Gasteiger partial charge in [0.2, 0.25) is 0 Å². The van der Waals surface area contributed by atoms with Crippen LogP contribution in [0.25, 0.3) is 65.7 Å². The average molecular weight is 588 g/mol. The van der Waals surface area contributed by atoms with Crippen molar-refractivity contribution in [1.82, 2.24) is 0 Å². The van der Waals surface area contributed by atoms with Gasteiger partial charge in [0.25, 0.3) is 0 Å². The van der Waals surface area contributed by atoms with Crippen molar-refractivity contribution >= 4 is 60.5 Å². The zero-order valence-corrected chi connectivity index (χ0v) is 25.1. The van der Waals surface area contributed by atoms with E-state index in [2.05, 4.69) is 181 Å². The SMILES string of the molecule is c1ccc(N(c2cccc(-c3ccc4ccccc4c3)c2)c2ccc3oc4cccc(-c5ccc6ccccc6c5)c4c3c2)cc1. The molecule has 0 spiro atoms. The van der Waals surface area contributed by atoms with Crippen LogP contribution in [0.1, 0.15) is 0 Å². The number of anilines is 3. The number of rotatable bonds is 5. The normalized spacial score (nSPS) is 11.5. The molecule has 1 aromatic heterocycles. The Bertz CT molecular complexity index is 2540. The molecule has 2 nitrogen and oxygen atoms in total. The van der Waals surface area contributed by atoms with Crippen molar-refractivity contribution in [2.24, 2.45) is 0 Å². The van der Waals surface area contributed by atoms with Gasteiger partial charge in [0.1, 0.15) is 11.2 Å². The number of furan rings is 1. The molecule has 9 aromatic rings. The lowest BCUT2D eigenvalue weighted by atomic mass is 9.97. The molecule has 0 N–H and O–H groups in total. The van der Waals surface area contributed by atoms with Gasteiger partial charge >= 0.3 is 0 Å². The molecular weight excluding hydrogens is 558 g/mol. The highest BCUT2D eigenvalue weighted by Crippen LogP contribution is 2.42. The molecule has 0 saturated carbocycles. The summed E-state index contributed by atoms with van der Waals surface area (Å²) in [6.45, 7) is 0. The fraction of sp³-hybridized carbons (Fsp3) is 0. The van der Waals surface area contributed by atoms with Crippen molar-refractivity contribution in [3.05, 3.63) is 176 Å². The van der Waals surface area contributed by atoms with Crippen LogP contribution in [-0.4, -0.2) is 0 Å². The maximum absolute atomic E-state index is 6.44. The zero-order valence-electron chi connectivity index (χ0n) is 25.1. The van der Waals surface area contributed by atoms with Crippen LogP contribution in [0.4, 0.5) is 17.1 Å². The first-order valence-corrected chi connectivity index (χ1v) is 15.7. The molecular formula is C44H29NO. The number of fused-ring (bicyclic) bond motifs is 5. The van der Waals surface area contributed by atoms with Gasteiger partial charge < -0.3 is 9.32 Å². The van der Waals surface area contributed by atoms with E-state index in [4.69, 9.17) is 4.42 Å². The van der Waals surface area contributed by atoms with Crippen molar-refractivity contribution in [2.45, 2.75) is 0 Å². The van der Waals surface area contributed by atoms with Crippen molar-refractivity contribution in [2.75, 3.05) is 4.90 Å². The number of para-hydroxylation sites is 1. The van der Waals surface area contributed by atoms with E-state index in [-0.39, 0.29) is 0 Å². The zero-order chi connectivity index (χ0) is 30.5. The maximum atomic E-state index is 6.44. The lowest BCUT2D eigenvalue weighted by Crippen LogP contribution is -2.09. The monoisotopic (exact) mass is 587 g/mol. The summed E-state index contributed by atoms with van der Waals surface area (Å²) in [4.78, 5) is 2.33. The molecule has 0 aliphatic heterocycles. The number of nitrogens with zero attached hydrogens (tertiary/aromatic N) is 1. The average Bonchev–Trinajstić information content (AvgIpc) is 3.50. The van der Waals surface area contributed by atoms with Gasteiger partial charge in [-0.25, -0.2) is 0 Å². The van der Waals surface area contributed by atoms with Gasteiger partial charge in [0.05, 0.1) is 0 Å². The first-order valence-electron chi connectivity index (χ1n) is 15.7. The molecule has 8 aromatic carbocycles. The summed E-state index contributed by atoms with van der Waals surface area (Å²) in [6.07, 6.45) is 0. The third-order valence-electron chi connectivity index (χ3n) is 9.00. The largest absolute Gasteiger partial charge is 0.456 e. The van der Waals surface area contributed by atoms with Gasteiger partial charge in [0.15, 0.2) is 0 Å². The lowest BCUT2D eigenvalue weighted by Gasteiger charge is -2.26. The Labute approximate surface area is 267 Å². The van der Waals surface area contributed by atoms with Crippen LogP contribution in [0.15, 0.2) is 180 Å². The summed E-state index contributed by atoms with van der Waals surface area (Å²) < 4.78 is 6.44. The summed E-state index contributed by atoms with van der Waals surface area (Å²) >= 11 is 0. The molecule has 1 heterocycles. The second-order valence-electron chi connectivity index (χ2n) is 11.8. The Morgan fingerprint density at radius 1 is 0.348 bits per heavy atom. The highest BCUT2D eigenvalue weighted by molar-refractivity contribution is 6.14. The van der Waals surface area contributed by atoms with Crippen molar-refractivity contribution < 1.29 is 4.42 Å². The van der Waals surface area contributed by atoms with Gasteiger partial charge in [-0.1, -0.05) is 115 Å². The molecule has 216 valence electrons. The van der Waals surface area contributed by atoms with Gasteiger partial charge in [-0.3, -0.25) is 0 Å². The Kier molecular flexibility index (Phi) is 6.17. The number of hydrogen-bond donors (Lipinski definition) is 0. The third kappa shape index (κ3) is 4.51. The maximum Gasteiger partial charge on any atom is 0.136 e. The van der Waals surface area contributed by atoms with E-state index in [1.54, 1.807) is 0 Å². The van der Waals surface area contributed by atoms with E-state index < -0.39 is 0 Å². The molecule has 0 fully saturated rings. The van der Waals surface area contributed by atoms with Crippen LogP contribution in [-0.2, 0) is 0 Å². The predicted molar refractivity (Wildman–Crippen MR) is 194 cm³/mol. The first kappa shape index (κ1) is 26.3. The van der Waals surface area contributed by atoms with E-state index in [1.165, 1.54) is 43.8 Å². The number of benzene rings is 8. The number of hydrogen-bond acceptors (Lipinski definition) is 2. The molecule has 0 aliphatic rings. The minimum absolute atomic E-state index is 0.880. The first-order chi connectivity index (χ1) is 22.8. The van der Waals surface area contributed by atoms with Crippen LogP contribution in [0.5, 0.6) is 0 Å². The molecule has 0 amide bonds. The minimum Gasteiger partial charge on any atom is -0.456 e. The van der Waals surface area contributed by atoms with E-state index in [1.807, 2.05) is 0 Å². The van der Waals surface area contributed by atoms with Gasteiger partial charge in [-0.2, -0.15) is 0 Å².